The molecule has 2 aromatic carbocycles. The summed E-state index contributed by atoms with van der Waals surface area (Å²) in [6.07, 6.45) is 1.10. The Morgan fingerprint density at radius 1 is 1.20 bits per heavy atom. The van der Waals surface area contributed by atoms with Gasteiger partial charge >= 0.3 is 6.09 Å². The lowest BCUT2D eigenvalue weighted by Gasteiger charge is -2.29. The van der Waals surface area contributed by atoms with Crippen LogP contribution in [0.2, 0.25) is 0 Å². The summed E-state index contributed by atoms with van der Waals surface area (Å²) in [6.45, 7) is 2.23. The molecule has 11 heteroatoms. The molecule has 1 unspecified atom stereocenters. The van der Waals surface area contributed by atoms with Crippen LogP contribution in [0.5, 0.6) is 5.75 Å². The van der Waals surface area contributed by atoms with Crippen LogP contribution >= 0.6 is 0 Å². The average Bonchev–Trinajstić information content (AvgIpc) is 3.24. The van der Waals surface area contributed by atoms with Crippen LogP contribution in [0.3, 0.4) is 0 Å². The molecular formula is C24H25FN4O6. The van der Waals surface area contributed by atoms with Gasteiger partial charge < -0.3 is 30.1 Å². The van der Waals surface area contributed by atoms with Crippen molar-refractivity contribution >= 4 is 35.4 Å². The maximum Gasteiger partial charge on any atom is 0.416 e. The van der Waals surface area contributed by atoms with Crippen LogP contribution in [0, 0.1) is 5.82 Å². The van der Waals surface area contributed by atoms with Gasteiger partial charge in [-0.05, 0) is 42.0 Å². The number of cyclic esters (lactones) is 1. The number of halogens is 1. The van der Waals surface area contributed by atoms with E-state index in [1.807, 2.05) is 4.90 Å². The number of amides is 3. The molecule has 35 heavy (non-hydrogen) atoms. The van der Waals surface area contributed by atoms with Crippen LogP contribution in [-0.2, 0) is 14.3 Å². The number of phenols is 1. The Bertz CT molecular complexity index is 1180. The van der Waals surface area contributed by atoms with Crippen molar-refractivity contribution in [1.82, 2.24) is 4.90 Å². The summed E-state index contributed by atoms with van der Waals surface area (Å²) >= 11 is 0. The van der Waals surface area contributed by atoms with E-state index in [1.54, 1.807) is 12.1 Å². The van der Waals surface area contributed by atoms with Gasteiger partial charge in [0.2, 0.25) is 5.91 Å². The van der Waals surface area contributed by atoms with Gasteiger partial charge in [0.1, 0.15) is 11.6 Å². The monoisotopic (exact) mass is 484 g/mol. The maximum atomic E-state index is 14.8. The zero-order chi connectivity index (χ0) is 25.1. The Hall–Kier alpha value is -4.12. The van der Waals surface area contributed by atoms with Crippen molar-refractivity contribution in [2.45, 2.75) is 6.23 Å². The highest BCUT2D eigenvalue weighted by molar-refractivity contribution is 5.97. The Morgan fingerprint density at radius 2 is 1.94 bits per heavy atom. The summed E-state index contributed by atoms with van der Waals surface area (Å²) in [5, 5.41) is 9.67. The predicted octanol–water partition coefficient (Wildman–Crippen LogP) is 1.92. The maximum absolute atomic E-state index is 14.8. The minimum Gasteiger partial charge on any atom is -0.507 e. The first-order chi connectivity index (χ1) is 16.7. The number of aromatic hydroxyl groups is 1. The van der Waals surface area contributed by atoms with Gasteiger partial charge in [0.15, 0.2) is 6.23 Å². The third-order valence-corrected chi connectivity index (χ3v) is 5.87. The molecule has 184 valence electrons. The fourth-order valence-corrected chi connectivity index (χ4v) is 3.87. The largest absolute Gasteiger partial charge is 0.507 e. The molecule has 4 rings (SSSR count). The minimum absolute atomic E-state index is 0.0241. The Labute approximate surface area is 200 Å². The van der Waals surface area contributed by atoms with Gasteiger partial charge in [0.25, 0.3) is 5.91 Å². The number of carbonyl (C=O) groups excluding carboxylic acids is 3. The van der Waals surface area contributed by atoms with Gasteiger partial charge in [-0.3, -0.25) is 14.5 Å². The van der Waals surface area contributed by atoms with Crippen molar-refractivity contribution in [2.24, 2.45) is 5.73 Å². The second-order valence-corrected chi connectivity index (χ2v) is 8.11. The number of hydrogen-bond donors (Lipinski definition) is 2. The van der Waals surface area contributed by atoms with E-state index in [0.29, 0.717) is 43.2 Å². The molecule has 2 aliphatic heterocycles. The number of rotatable bonds is 6. The third kappa shape index (κ3) is 5.19. The van der Waals surface area contributed by atoms with Gasteiger partial charge in [-0.1, -0.05) is 6.07 Å². The summed E-state index contributed by atoms with van der Waals surface area (Å²) in [5.41, 5.74) is 6.38. The average molecular weight is 484 g/mol. The summed E-state index contributed by atoms with van der Waals surface area (Å²) in [5.74, 6) is -1.98. The second kappa shape index (κ2) is 10.0. The van der Waals surface area contributed by atoms with Crippen molar-refractivity contribution in [3.05, 3.63) is 59.4 Å². The number of anilines is 2. The number of benzene rings is 2. The highest BCUT2D eigenvalue weighted by Crippen LogP contribution is 2.29. The molecule has 2 saturated heterocycles. The van der Waals surface area contributed by atoms with E-state index in [2.05, 4.69) is 0 Å². The van der Waals surface area contributed by atoms with Gasteiger partial charge in [-0.15, -0.1) is 0 Å². The quantitative estimate of drug-likeness (QED) is 0.600. The molecule has 3 N–H and O–H groups in total. The van der Waals surface area contributed by atoms with Gasteiger partial charge in [-0.25, -0.2) is 9.18 Å². The molecule has 0 spiro atoms. The third-order valence-electron chi connectivity index (χ3n) is 5.87. The predicted molar refractivity (Wildman–Crippen MR) is 125 cm³/mol. The van der Waals surface area contributed by atoms with Crippen molar-refractivity contribution in [3.8, 4) is 5.75 Å². The summed E-state index contributed by atoms with van der Waals surface area (Å²) in [7, 11) is 1.47. The van der Waals surface area contributed by atoms with E-state index >= 15 is 0 Å². The molecule has 2 aliphatic rings. The number of nitrogens with zero attached hydrogens (tertiary/aromatic N) is 3. The molecule has 0 saturated carbocycles. The Morgan fingerprint density at radius 3 is 2.63 bits per heavy atom. The highest BCUT2D eigenvalue weighted by Gasteiger charge is 2.36. The molecule has 2 heterocycles. The molecule has 2 fully saturated rings. The van der Waals surface area contributed by atoms with E-state index in [9.17, 15) is 23.9 Å². The zero-order valence-electron chi connectivity index (χ0n) is 19.0. The highest BCUT2D eigenvalue weighted by atomic mass is 19.1. The zero-order valence-corrected chi connectivity index (χ0v) is 19.0. The first kappa shape index (κ1) is 24.0. The van der Waals surface area contributed by atoms with E-state index in [0.717, 1.165) is 0 Å². The van der Waals surface area contributed by atoms with Gasteiger partial charge in [-0.2, -0.15) is 0 Å². The fourth-order valence-electron chi connectivity index (χ4n) is 3.87. The topological polar surface area (TPSA) is 126 Å². The van der Waals surface area contributed by atoms with Crippen LogP contribution in [0.4, 0.5) is 20.6 Å². The number of likely N-dealkylation sites (N-methyl/N-ethyl adjacent to an activating group) is 1. The number of carbonyl (C=O) groups is 3. The molecule has 10 nitrogen and oxygen atoms in total. The van der Waals surface area contributed by atoms with Gasteiger partial charge in [0, 0.05) is 26.2 Å². The lowest BCUT2D eigenvalue weighted by atomic mass is 10.1. The first-order valence-electron chi connectivity index (χ1n) is 10.9. The van der Waals surface area contributed by atoms with E-state index < -0.39 is 30.0 Å². The molecule has 1 atom stereocenters. The SMILES string of the molecule is CN(C(=O)C=Cc1ccc(O)c(C(N)=O)c1)C1CN(c2ccc(N3CCOCC3)c(F)c2)C(=O)O1. The first-order valence-corrected chi connectivity index (χ1v) is 10.9. The molecule has 0 radical (unpaired) electrons. The van der Waals surface area contributed by atoms with Crippen LogP contribution < -0.4 is 15.5 Å². The van der Waals surface area contributed by atoms with Gasteiger partial charge in [0.05, 0.1) is 36.7 Å². The number of nitrogens with two attached hydrogens (primary N) is 1. The Balaban J connectivity index is 1.42. The summed E-state index contributed by atoms with van der Waals surface area (Å²) in [4.78, 5) is 40.8. The Kier molecular flexibility index (Phi) is 6.87. The standard InChI is InChI=1S/C24H25FN4O6/c1-27(21(31)7-3-15-2-6-20(30)17(12-15)23(26)32)22-14-29(24(33)35-22)16-4-5-19(18(25)13-16)28-8-10-34-11-9-28/h2-7,12-13,22,30H,8-11,14H2,1H3,(H2,26,32). The van der Waals surface area contributed by atoms with Crippen molar-refractivity contribution in [2.75, 3.05) is 49.7 Å². The van der Waals surface area contributed by atoms with Crippen LogP contribution in [0.25, 0.3) is 6.08 Å². The fraction of sp³-hybridized carbons (Fsp3) is 0.292. The lowest BCUT2D eigenvalue weighted by molar-refractivity contribution is -0.131. The smallest absolute Gasteiger partial charge is 0.416 e. The van der Waals surface area contributed by atoms with E-state index in [1.165, 1.54) is 53.3 Å². The molecule has 2 aromatic rings. The molecule has 0 aromatic heterocycles. The molecular weight excluding hydrogens is 459 g/mol. The van der Waals surface area contributed by atoms with Crippen molar-refractivity contribution in [3.63, 3.8) is 0 Å². The van der Waals surface area contributed by atoms with Crippen LogP contribution in [0.1, 0.15) is 15.9 Å². The molecule has 3 amide bonds. The second-order valence-electron chi connectivity index (χ2n) is 8.11. The molecule has 0 bridgehead atoms. The summed E-state index contributed by atoms with van der Waals surface area (Å²) in [6, 6.07) is 8.70. The van der Waals surface area contributed by atoms with Crippen molar-refractivity contribution < 1.29 is 33.4 Å². The van der Waals surface area contributed by atoms with E-state index in [-0.39, 0.29) is 17.9 Å². The normalized spacial score (nSPS) is 18.1. The molecule has 0 aliphatic carbocycles. The van der Waals surface area contributed by atoms with Crippen molar-refractivity contribution in [1.29, 1.82) is 0 Å². The van der Waals surface area contributed by atoms with Crippen LogP contribution in [0.15, 0.2) is 42.5 Å². The lowest BCUT2D eigenvalue weighted by Crippen LogP contribution is -2.39. The minimum atomic E-state index is -0.886. The van der Waals surface area contributed by atoms with E-state index in [4.69, 9.17) is 15.2 Å². The number of hydrogen-bond acceptors (Lipinski definition) is 7. The number of ether oxygens (including phenoxy) is 2. The van der Waals surface area contributed by atoms with Crippen LogP contribution in [-0.4, -0.2) is 74.0 Å². The number of primary amides is 1. The summed E-state index contributed by atoms with van der Waals surface area (Å²) < 4.78 is 25.4. The number of morpholine rings is 1.